The van der Waals surface area contributed by atoms with Gasteiger partial charge in [-0.25, -0.2) is 4.68 Å². The third kappa shape index (κ3) is 6.72. The van der Waals surface area contributed by atoms with E-state index in [0.29, 0.717) is 17.4 Å². The molecule has 0 saturated carbocycles. The number of carbonyl (C=O) groups is 2. The summed E-state index contributed by atoms with van der Waals surface area (Å²) in [7, 11) is 0. The van der Waals surface area contributed by atoms with Gasteiger partial charge in [-0.2, -0.15) is 5.10 Å². The van der Waals surface area contributed by atoms with Crippen molar-refractivity contribution in [2.24, 2.45) is 11.3 Å². The van der Waals surface area contributed by atoms with E-state index in [4.69, 9.17) is 28.3 Å². The molecule has 2 rings (SSSR count). The van der Waals surface area contributed by atoms with Crippen molar-refractivity contribution in [1.82, 2.24) is 14.7 Å². The van der Waals surface area contributed by atoms with E-state index in [2.05, 4.69) is 26.1 Å². The fourth-order valence-electron chi connectivity index (χ4n) is 3.12. The molecule has 0 unspecified atom stereocenters. The number of aromatic nitrogens is 2. The number of benzene rings is 1. The lowest BCUT2D eigenvalue weighted by Gasteiger charge is -2.31. The summed E-state index contributed by atoms with van der Waals surface area (Å²) in [5, 5.41) is 8.27. The molecule has 0 aliphatic heterocycles. The molecule has 176 valence electrons. The van der Waals surface area contributed by atoms with Gasteiger partial charge in [0.25, 0.3) is 0 Å². The van der Waals surface area contributed by atoms with Crippen molar-refractivity contribution >= 4 is 40.8 Å². The fraction of sp³-hybridized carbons (Fsp3) is 0.542. The van der Waals surface area contributed by atoms with Gasteiger partial charge in [-0.1, -0.05) is 46.2 Å². The standard InChI is InChI=1S/C24H34Cl2N4O2/c1-16(2)13-29(22(32)24(6,7)15-25)14-21(31)27-20-12-19(23(3,4)5)28-30(20)18-10-8-17(26)9-11-18/h8-12,16H,13-15H2,1-7H3,(H,27,31). The Morgan fingerprint density at radius 2 is 1.72 bits per heavy atom. The van der Waals surface area contributed by atoms with E-state index in [1.165, 1.54) is 0 Å². The van der Waals surface area contributed by atoms with E-state index in [1.807, 2.05) is 32.0 Å². The van der Waals surface area contributed by atoms with E-state index in [-0.39, 0.29) is 35.6 Å². The molecule has 32 heavy (non-hydrogen) atoms. The first-order valence-electron chi connectivity index (χ1n) is 10.8. The zero-order valence-corrected chi connectivity index (χ0v) is 21.5. The number of nitrogens with one attached hydrogen (secondary N) is 1. The lowest BCUT2D eigenvalue weighted by Crippen LogP contribution is -2.47. The van der Waals surface area contributed by atoms with Crippen LogP contribution in [0.5, 0.6) is 0 Å². The van der Waals surface area contributed by atoms with Crippen molar-refractivity contribution in [3.8, 4) is 5.69 Å². The summed E-state index contributed by atoms with van der Waals surface area (Å²) in [4.78, 5) is 27.6. The average molecular weight is 481 g/mol. The Kier molecular flexibility index (Phi) is 8.40. The van der Waals surface area contributed by atoms with Gasteiger partial charge < -0.3 is 10.2 Å². The summed E-state index contributed by atoms with van der Waals surface area (Å²) < 4.78 is 1.69. The minimum absolute atomic E-state index is 0.0615. The number of carbonyl (C=O) groups excluding carboxylic acids is 2. The van der Waals surface area contributed by atoms with Crippen LogP contribution in [0.2, 0.25) is 5.02 Å². The minimum atomic E-state index is -0.749. The van der Waals surface area contributed by atoms with Crippen molar-refractivity contribution in [3.05, 3.63) is 41.0 Å². The predicted molar refractivity (Wildman–Crippen MR) is 132 cm³/mol. The van der Waals surface area contributed by atoms with Crippen molar-refractivity contribution in [3.63, 3.8) is 0 Å². The highest BCUT2D eigenvalue weighted by molar-refractivity contribution is 6.30. The van der Waals surface area contributed by atoms with Gasteiger partial charge in [0, 0.05) is 28.9 Å². The number of anilines is 1. The molecule has 0 radical (unpaired) electrons. The van der Waals surface area contributed by atoms with Crippen LogP contribution in [0.1, 0.15) is 54.2 Å². The van der Waals surface area contributed by atoms with Gasteiger partial charge in [0.1, 0.15) is 5.82 Å². The van der Waals surface area contributed by atoms with Gasteiger partial charge in [0.05, 0.1) is 23.3 Å². The Bertz CT molecular complexity index is 944. The van der Waals surface area contributed by atoms with E-state index >= 15 is 0 Å². The summed E-state index contributed by atoms with van der Waals surface area (Å²) in [6.07, 6.45) is 0. The van der Waals surface area contributed by atoms with E-state index in [0.717, 1.165) is 11.4 Å². The number of hydrogen-bond donors (Lipinski definition) is 1. The highest BCUT2D eigenvalue weighted by Gasteiger charge is 2.33. The van der Waals surface area contributed by atoms with Crippen molar-refractivity contribution in [2.45, 2.75) is 53.9 Å². The quantitative estimate of drug-likeness (QED) is 0.506. The third-order valence-corrected chi connectivity index (χ3v) is 5.86. The molecule has 2 amide bonds. The lowest BCUT2D eigenvalue weighted by atomic mass is 9.92. The molecule has 1 N–H and O–H groups in total. The maximum atomic E-state index is 13.0. The Hall–Kier alpha value is -2.05. The van der Waals surface area contributed by atoms with Crippen LogP contribution in [0, 0.1) is 11.3 Å². The number of rotatable bonds is 8. The monoisotopic (exact) mass is 480 g/mol. The first-order chi connectivity index (χ1) is 14.7. The maximum absolute atomic E-state index is 13.0. The van der Waals surface area contributed by atoms with Crippen LogP contribution in [0.3, 0.4) is 0 Å². The molecule has 2 aromatic rings. The second kappa shape index (κ2) is 10.3. The van der Waals surface area contributed by atoms with Crippen LogP contribution in [0.15, 0.2) is 30.3 Å². The normalized spacial score (nSPS) is 12.2. The molecule has 0 bridgehead atoms. The van der Waals surface area contributed by atoms with Gasteiger partial charge in [-0.3, -0.25) is 9.59 Å². The summed E-state index contributed by atoms with van der Waals surface area (Å²) in [6.45, 7) is 14.2. The number of halogens is 2. The fourth-order valence-corrected chi connectivity index (χ4v) is 3.36. The van der Waals surface area contributed by atoms with Crippen LogP contribution in [-0.4, -0.2) is 45.5 Å². The summed E-state index contributed by atoms with van der Waals surface area (Å²) in [5.41, 5.74) is 0.655. The number of alkyl halides is 1. The molecule has 0 atom stereocenters. The first kappa shape index (κ1) is 26.2. The lowest BCUT2D eigenvalue weighted by molar-refractivity contribution is -0.142. The average Bonchev–Trinajstić information content (AvgIpc) is 3.11. The molecule has 6 nitrogen and oxygen atoms in total. The van der Waals surface area contributed by atoms with E-state index in [1.54, 1.807) is 35.6 Å². The summed E-state index contributed by atoms with van der Waals surface area (Å²) >= 11 is 12.0. The molecule has 0 saturated heterocycles. The predicted octanol–water partition coefficient (Wildman–Crippen LogP) is 5.51. The van der Waals surface area contributed by atoms with Crippen LogP contribution >= 0.6 is 23.2 Å². The summed E-state index contributed by atoms with van der Waals surface area (Å²) in [6, 6.07) is 9.10. The highest BCUT2D eigenvalue weighted by atomic mass is 35.5. The van der Waals surface area contributed by atoms with Crippen molar-refractivity contribution < 1.29 is 9.59 Å². The van der Waals surface area contributed by atoms with Gasteiger partial charge >= 0.3 is 0 Å². The second-order valence-corrected chi connectivity index (χ2v) is 10.9. The second-order valence-electron chi connectivity index (χ2n) is 10.2. The number of amides is 2. The largest absolute Gasteiger partial charge is 0.333 e. The summed E-state index contributed by atoms with van der Waals surface area (Å²) in [5.74, 6) is 0.499. The Morgan fingerprint density at radius 3 is 2.22 bits per heavy atom. The highest BCUT2D eigenvalue weighted by Crippen LogP contribution is 2.27. The van der Waals surface area contributed by atoms with Crippen LogP contribution in [0.4, 0.5) is 5.82 Å². The molecule has 1 aromatic heterocycles. The minimum Gasteiger partial charge on any atom is -0.333 e. The van der Waals surface area contributed by atoms with Crippen LogP contribution < -0.4 is 5.32 Å². The van der Waals surface area contributed by atoms with Gasteiger partial charge in [0.15, 0.2) is 0 Å². The van der Waals surface area contributed by atoms with E-state index < -0.39 is 5.41 Å². The SMILES string of the molecule is CC(C)CN(CC(=O)Nc1cc(C(C)(C)C)nn1-c1ccc(Cl)cc1)C(=O)C(C)(C)CCl. The smallest absolute Gasteiger partial charge is 0.245 e. The Labute approximate surface area is 201 Å². The zero-order valence-electron chi connectivity index (χ0n) is 20.0. The van der Waals surface area contributed by atoms with Crippen LogP contribution in [0.25, 0.3) is 5.69 Å². The molecule has 0 aliphatic carbocycles. The van der Waals surface area contributed by atoms with Gasteiger partial charge in [0.2, 0.25) is 11.8 Å². The molecular weight excluding hydrogens is 447 g/mol. The first-order valence-corrected chi connectivity index (χ1v) is 11.7. The molecule has 0 spiro atoms. The maximum Gasteiger partial charge on any atom is 0.245 e. The molecular formula is C24H34Cl2N4O2. The molecule has 0 fully saturated rings. The Morgan fingerprint density at radius 1 is 1.12 bits per heavy atom. The zero-order chi connectivity index (χ0) is 24.3. The van der Waals surface area contributed by atoms with E-state index in [9.17, 15) is 9.59 Å². The van der Waals surface area contributed by atoms with Gasteiger partial charge in [-0.05, 0) is 44.0 Å². The van der Waals surface area contributed by atoms with Gasteiger partial charge in [-0.15, -0.1) is 11.6 Å². The molecule has 0 aliphatic rings. The van der Waals surface area contributed by atoms with Crippen LogP contribution in [-0.2, 0) is 15.0 Å². The molecule has 1 aromatic carbocycles. The molecule has 8 heteroatoms. The number of nitrogens with zero attached hydrogens (tertiary/aromatic N) is 3. The third-order valence-electron chi connectivity index (χ3n) is 4.94. The van der Waals surface area contributed by atoms with Crippen molar-refractivity contribution in [2.75, 3.05) is 24.3 Å². The number of hydrogen-bond acceptors (Lipinski definition) is 3. The topological polar surface area (TPSA) is 67.2 Å². The Balaban J connectivity index is 2.33. The molecule has 1 heterocycles. The van der Waals surface area contributed by atoms with Crippen molar-refractivity contribution in [1.29, 1.82) is 0 Å².